The number of carbonyl (C=O) groups excluding carboxylic acids is 1. The van der Waals surface area contributed by atoms with E-state index < -0.39 is 0 Å². The first-order valence-electron chi connectivity index (χ1n) is 6.24. The highest BCUT2D eigenvalue weighted by atomic mass is 16.3. The molecule has 0 atom stereocenters. The fourth-order valence-electron chi connectivity index (χ4n) is 2.06. The van der Waals surface area contributed by atoms with Gasteiger partial charge in [0.1, 0.15) is 5.75 Å². The van der Waals surface area contributed by atoms with E-state index >= 15 is 0 Å². The van der Waals surface area contributed by atoms with Crippen molar-refractivity contribution in [1.82, 2.24) is 0 Å². The van der Waals surface area contributed by atoms with Crippen molar-refractivity contribution in [3.05, 3.63) is 28.8 Å². The SMILES string of the molecule is CC(C)Cc1cc(C=O)c(O)c(CC(C)C)c1. The summed E-state index contributed by atoms with van der Waals surface area (Å²) in [6, 6.07) is 3.83. The first kappa shape index (κ1) is 13.8. The van der Waals surface area contributed by atoms with E-state index in [1.165, 1.54) is 0 Å². The normalized spacial score (nSPS) is 11.2. The number of benzene rings is 1. The second-order valence-electron chi connectivity index (χ2n) is 5.51. The van der Waals surface area contributed by atoms with Gasteiger partial charge in [-0.3, -0.25) is 4.79 Å². The number of hydrogen-bond donors (Lipinski definition) is 1. The van der Waals surface area contributed by atoms with E-state index in [-0.39, 0.29) is 5.75 Å². The highest BCUT2D eigenvalue weighted by Crippen LogP contribution is 2.27. The molecule has 0 fully saturated rings. The van der Waals surface area contributed by atoms with Crippen molar-refractivity contribution < 1.29 is 9.90 Å². The van der Waals surface area contributed by atoms with Gasteiger partial charge in [-0.1, -0.05) is 33.8 Å². The lowest BCUT2D eigenvalue weighted by molar-refractivity contribution is 0.112. The van der Waals surface area contributed by atoms with Crippen molar-refractivity contribution in [2.45, 2.75) is 40.5 Å². The Balaban J connectivity index is 3.13. The van der Waals surface area contributed by atoms with E-state index in [0.29, 0.717) is 17.4 Å². The Morgan fingerprint density at radius 2 is 1.71 bits per heavy atom. The van der Waals surface area contributed by atoms with Crippen LogP contribution in [0.25, 0.3) is 0 Å². The number of phenols is 1. The summed E-state index contributed by atoms with van der Waals surface area (Å²) >= 11 is 0. The molecule has 0 aliphatic carbocycles. The van der Waals surface area contributed by atoms with Crippen molar-refractivity contribution in [3.63, 3.8) is 0 Å². The minimum absolute atomic E-state index is 0.154. The van der Waals surface area contributed by atoms with Gasteiger partial charge in [-0.2, -0.15) is 0 Å². The highest BCUT2D eigenvalue weighted by molar-refractivity contribution is 5.80. The van der Waals surface area contributed by atoms with Gasteiger partial charge >= 0.3 is 0 Å². The number of aromatic hydroxyl groups is 1. The molecule has 0 amide bonds. The zero-order valence-electron chi connectivity index (χ0n) is 11.2. The summed E-state index contributed by atoms with van der Waals surface area (Å²) in [5.41, 5.74) is 2.44. The molecular formula is C15H22O2. The number of hydrogen-bond acceptors (Lipinski definition) is 2. The minimum atomic E-state index is 0.154. The Hall–Kier alpha value is -1.31. The van der Waals surface area contributed by atoms with Crippen LogP contribution in [-0.2, 0) is 12.8 Å². The summed E-state index contributed by atoms with van der Waals surface area (Å²) in [6.45, 7) is 8.51. The Labute approximate surface area is 104 Å². The average molecular weight is 234 g/mol. The van der Waals surface area contributed by atoms with Crippen LogP contribution >= 0.6 is 0 Å². The molecule has 0 saturated heterocycles. The minimum Gasteiger partial charge on any atom is -0.507 e. The van der Waals surface area contributed by atoms with Gasteiger partial charge in [0.2, 0.25) is 0 Å². The fourth-order valence-corrected chi connectivity index (χ4v) is 2.06. The van der Waals surface area contributed by atoms with E-state index in [2.05, 4.69) is 27.7 Å². The molecule has 2 heteroatoms. The van der Waals surface area contributed by atoms with Gasteiger partial charge in [0.05, 0.1) is 5.56 Å². The number of phenolic OH excluding ortho intramolecular Hbond substituents is 1. The van der Waals surface area contributed by atoms with Crippen LogP contribution in [-0.4, -0.2) is 11.4 Å². The molecule has 0 spiro atoms. The molecule has 17 heavy (non-hydrogen) atoms. The van der Waals surface area contributed by atoms with Gasteiger partial charge in [-0.05, 0) is 41.9 Å². The molecule has 0 heterocycles. The molecule has 1 rings (SSSR count). The van der Waals surface area contributed by atoms with Crippen LogP contribution in [0.3, 0.4) is 0 Å². The number of carbonyl (C=O) groups is 1. The van der Waals surface area contributed by atoms with Crippen LogP contribution in [0, 0.1) is 11.8 Å². The number of rotatable bonds is 5. The van der Waals surface area contributed by atoms with Gasteiger partial charge in [-0.15, -0.1) is 0 Å². The maximum Gasteiger partial charge on any atom is 0.153 e. The molecule has 0 unspecified atom stereocenters. The van der Waals surface area contributed by atoms with Crippen molar-refractivity contribution in [2.24, 2.45) is 11.8 Å². The molecule has 0 aliphatic heterocycles. The molecule has 0 aromatic heterocycles. The zero-order valence-corrected chi connectivity index (χ0v) is 11.2. The summed E-state index contributed by atoms with van der Waals surface area (Å²) in [7, 11) is 0. The van der Waals surface area contributed by atoms with Gasteiger partial charge in [0.15, 0.2) is 6.29 Å². The average Bonchev–Trinajstić information content (AvgIpc) is 2.21. The van der Waals surface area contributed by atoms with Crippen LogP contribution in [0.4, 0.5) is 0 Å². The lowest BCUT2D eigenvalue weighted by atomic mass is 9.94. The smallest absolute Gasteiger partial charge is 0.153 e. The summed E-state index contributed by atoms with van der Waals surface area (Å²) in [4.78, 5) is 10.9. The Morgan fingerprint density at radius 1 is 1.12 bits per heavy atom. The summed E-state index contributed by atoms with van der Waals surface area (Å²) in [5.74, 6) is 1.17. The van der Waals surface area contributed by atoms with Gasteiger partial charge in [0, 0.05) is 0 Å². The van der Waals surface area contributed by atoms with Gasteiger partial charge in [-0.25, -0.2) is 0 Å². The van der Waals surface area contributed by atoms with Crippen molar-refractivity contribution >= 4 is 6.29 Å². The molecule has 94 valence electrons. The summed E-state index contributed by atoms with van der Waals surface area (Å²) < 4.78 is 0. The summed E-state index contributed by atoms with van der Waals surface area (Å²) in [6.07, 6.45) is 2.48. The lowest BCUT2D eigenvalue weighted by Crippen LogP contribution is -2.01. The molecule has 2 nitrogen and oxygen atoms in total. The molecular weight excluding hydrogens is 212 g/mol. The first-order valence-corrected chi connectivity index (χ1v) is 6.24. The second kappa shape index (κ2) is 5.85. The van der Waals surface area contributed by atoms with E-state index in [4.69, 9.17) is 0 Å². The fraction of sp³-hybridized carbons (Fsp3) is 0.533. The molecule has 1 aromatic rings. The monoisotopic (exact) mass is 234 g/mol. The summed E-state index contributed by atoms with van der Waals surface area (Å²) in [5, 5.41) is 9.97. The topological polar surface area (TPSA) is 37.3 Å². The maximum atomic E-state index is 10.9. The lowest BCUT2D eigenvalue weighted by Gasteiger charge is -2.13. The quantitative estimate of drug-likeness (QED) is 0.790. The van der Waals surface area contributed by atoms with Crippen LogP contribution in [0.5, 0.6) is 5.75 Å². The predicted octanol–water partition coefficient (Wildman–Crippen LogP) is 3.60. The molecule has 0 saturated carbocycles. The number of aldehydes is 1. The Kier molecular flexibility index (Phi) is 4.73. The van der Waals surface area contributed by atoms with Crippen molar-refractivity contribution in [1.29, 1.82) is 0 Å². The van der Waals surface area contributed by atoms with E-state index in [1.54, 1.807) is 6.07 Å². The Morgan fingerprint density at radius 3 is 2.18 bits per heavy atom. The van der Waals surface area contributed by atoms with Crippen molar-refractivity contribution in [2.75, 3.05) is 0 Å². The van der Waals surface area contributed by atoms with Crippen LogP contribution in [0.2, 0.25) is 0 Å². The third-order valence-corrected chi connectivity index (χ3v) is 2.68. The largest absolute Gasteiger partial charge is 0.507 e. The zero-order chi connectivity index (χ0) is 13.0. The van der Waals surface area contributed by atoms with Gasteiger partial charge < -0.3 is 5.11 Å². The highest BCUT2D eigenvalue weighted by Gasteiger charge is 2.11. The van der Waals surface area contributed by atoms with E-state index in [0.717, 1.165) is 30.3 Å². The van der Waals surface area contributed by atoms with Crippen molar-refractivity contribution in [3.8, 4) is 5.75 Å². The third-order valence-electron chi connectivity index (χ3n) is 2.68. The molecule has 0 bridgehead atoms. The maximum absolute atomic E-state index is 10.9. The Bertz CT molecular complexity index is 392. The van der Waals surface area contributed by atoms with E-state index in [1.807, 2.05) is 6.07 Å². The molecule has 0 radical (unpaired) electrons. The third kappa shape index (κ3) is 3.88. The second-order valence-corrected chi connectivity index (χ2v) is 5.51. The molecule has 0 aliphatic rings. The van der Waals surface area contributed by atoms with E-state index in [9.17, 15) is 9.90 Å². The van der Waals surface area contributed by atoms with Gasteiger partial charge in [0.25, 0.3) is 0 Å². The standard InChI is InChI=1S/C15H22O2/c1-10(2)5-12-7-13(6-11(3)4)15(17)14(8-12)9-16/h7-11,17H,5-6H2,1-4H3. The predicted molar refractivity (Wildman–Crippen MR) is 70.6 cm³/mol. The molecule has 1 aromatic carbocycles. The van der Waals surface area contributed by atoms with Crippen LogP contribution in [0.1, 0.15) is 49.2 Å². The first-order chi connectivity index (χ1) is 7.93. The molecule has 1 N–H and O–H groups in total. The van der Waals surface area contributed by atoms with Crippen LogP contribution < -0.4 is 0 Å². The van der Waals surface area contributed by atoms with Crippen LogP contribution in [0.15, 0.2) is 12.1 Å².